The minimum atomic E-state index is -1.52. The smallest absolute Gasteiger partial charge is 0.135 e. The standard InChI is InChI=1S/C84H64O18/c85-44-13-1-36(2-14-44)62-67(42-25-50(91)29-51(92)26-42)73-60(99)35-61(100)74-71(56-31-54(95)33-58(97)69(56)64(75(62)77(73)74)38-5-17-46(87)18-6-38)66(40-9-21-48(89)22-10-40)81-82(101)79-68(43-27-52(93)30-53(94)28-43)63(37-3-15-45(86)16-4-37)76-65(39-7-19-47(88)20-8-39)70-57(32-55(96)34-59(70)98)72-80(78(76)79)84(81)102-83(72)41-11-23-49(90)24-12-41/h1-35,62-68,71-72,75-76,83,85-101H/t62-,63+,64+,65+,66-,67-,68+,71?,72+,75+,76+,83-/m1/s1. The van der Waals surface area contributed by atoms with E-state index in [1.807, 2.05) is 0 Å². The lowest BCUT2D eigenvalue weighted by molar-refractivity contribution is 0.218. The second-order valence-corrected chi connectivity index (χ2v) is 27.5. The van der Waals surface area contributed by atoms with Crippen LogP contribution in [0.5, 0.6) is 103 Å². The molecule has 0 radical (unpaired) electrons. The zero-order valence-corrected chi connectivity index (χ0v) is 53.6. The SMILES string of the molecule is Oc1ccc([C@@H](c2c(O)c3c4c5c2O[C@H](c2ccc(O)cc2)[C@H]5c2cc(O)cc(O)c2[C@H](c2ccc(O)cc2)[C@@H]4[C@@H](c2ccc(O)cc2)[C@@H]3c2cc(O)cc(O)c2)C2c3cc(O)cc(O)c3[C@H](c3ccc(O)cc3)[C@H]3c4c2c(O)cc(O)c4[C@H](c2cc(O)cc(O)c2)[C@H]3c2ccc(O)cc2)cc1. The van der Waals surface area contributed by atoms with Crippen molar-refractivity contribution in [3.05, 3.63) is 318 Å². The van der Waals surface area contributed by atoms with Gasteiger partial charge >= 0.3 is 0 Å². The van der Waals surface area contributed by atoms with E-state index in [9.17, 15) is 81.7 Å². The van der Waals surface area contributed by atoms with Crippen molar-refractivity contribution in [3.8, 4) is 103 Å². The van der Waals surface area contributed by atoms with Gasteiger partial charge < -0.3 is 91.5 Å². The number of fused-ring (bicyclic) bond motifs is 3. The first-order chi connectivity index (χ1) is 49.1. The maximum atomic E-state index is 15.1. The molecule has 5 aliphatic rings. The molecule has 0 bridgehead atoms. The summed E-state index contributed by atoms with van der Waals surface area (Å²) >= 11 is 0. The average molecular weight is 1360 g/mol. The molecule has 0 saturated carbocycles. The van der Waals surface area contributed by atoms with Crippen LogP contribution in [0.1, 0.15) is 177 Å². The second kappa shape index (κ2) is 23.1. The molecule has 1 heterocycles. The molecule has 17 rings (SSSR count). The Morgan fingerprint density at radius 2 is 0.578 bits per heavy atom. The molecule has 17 N–H and O–H groups in total. The first kappa shape index (κ1) is 62.6. The Hall–Kier alpha value is -13.0. The molecular formula is C84H64O18. The summed E-state index contributed by atoms with van der Waals surface area (Å²) in [6.45, 7) is 0. The maximum Gasteiger partial charge on any atom is 0.135 e. The fraction of sp³-hybridized carbons (Fsp3) is 0.143. The molecule has 18 heteroatoms. The lowest BCUT2D eigenvalue weighted by atomic mass is 9.68. The first-order valence-electron chi connectivity index (χ1n) is 33.2. The number of phenolic OH excluding ortho intramolecular Hbond substituents is 17. The number of ether oxygens (including phenoxy) is 1. The normalized spacial score (nSPS) is 21.9. The number of benzene rings is 12. The molecule has 0 aromatic heterocycles. The van der Waals surface area contributed by atoms with Crippen LogP contribution in [0.2, 0.25) is 0 Å². The quantitative estimate of drug-likeness (QED) is 0.0605. The summed E-state index contributed by atoms with van der Waals surface area (Å²) < 4.78 is 7.75. The molecule has 0 saturated heterocycles. The molecule has 12 atom stereocenters. The number of aromatic hydroxyl groups is 17. The summed E-state index contributed by atoms with van der Waals surface area (Å²) in [4.78, 5) is 0. The molecule has 4 aliphatic carbocycles. The lowest BCUT2D eigenvalue weighted by Gasteiger charge is -2.35. The van der Waals surface area contributed by atoms with Crippen molar-refractivity contribution in [2.24, 2.45) is 0 Å². The van der Waals surface area contributed by atoms with Crippen LogP contribution in [0, 0.1) is 0 Å². The Kier molecular flexibility index (Phi) is 14.1. The number of hydrogen-bond acceptors (Lipinski definition) is 18. The van der Waals surface area contributed by atoms with Crippen LogP contribution in [0.3, 0.4) is 0 Å². The summed E-state index contributed by atoms with van der Waals surface area (Å²) in [5.41, 5.74) is 5.90. The lowest BCUT2D eigenvalue weighted by Crippen LogP contribution is -2.20. The topological polar surface area (TPSA) is 353 Å². The second-order valence-electron chi connectivity index (χ2n) is 27.5. The van der Waals surface area contributed by atoms with Crippen LogP contribution in [0.25, 0.3) is 0 Å². The van der Waals surface area contributed by atoms with Gasteiger partial charge in [-0.25, -0.2) is 0 Å². The van der Waals surface area contributed by atoms with Gasteiger partial charge in [-0.3, -0.25) is 0 Å². The molecule has 12 aromatic carbocycles. The molecule has 0 fully saturated rings. The summed E-state index contributed by atoms with van der Waals surface area (Å²) in [7, 11) is 0. The fourth-order valence-corrected chi connectivity index (χ4v) is 18.6. The fourth-order valence-electron chi connectivity index (χ4n) is 18.6. The highest BCUT2D eigenvalue weighted by atomic mass is 16.5. The van der Waals surface area contributed by atoms with Gasteiger partial charge in [0, 0.05) is 128 Å². The van der Waals surface area contributed by atoms with Crippen molar-refractivity contribution in [3.63, 3.8) is 0 Å². The zero-order chi connectivity index (χ0) is 70.7. The highest BCUT2D eigenvalue weighted by Crippen LogP contribution is 2.75. The number of hydrogen-bond donors (Lipinski definition) is 17. The van der Waals surface area contributed by atoms with E-state index >= 15 is 5.11 Å². The van der Waals surface area contributed by atoms with Crippen molar-refractivity contribution >= 4 is 0 Å². The summed E-state index contributed by atoms with van der Waals surface area (Å²) in [6.07, 6.45) is -1.20. The third-order valence-corrected chi connectivity index (χ3v) is 22.0. The van der Waals surface area contributed by atoms with E-state index in [1.165, 1.54) is 121 Å². The minimum absolute atomic E-state index is 0.0172. The molecule has 102 heavy (non-hydrogen) atoms. The number of rotatable bonds is 10. The van der Waals surface area contributed by atoms with Crippen LogP contribution in [0.15, 0.2) is 212 Å². The average Bonchev–Trinajstić information content (AvgIpc) is 1.51. The Labute approximate surface area is 581 Å². The van der Waals surface area contributed by atoms with Crippen molar-refractivity contribution in [2.75, 3.05) is 0 Å². The molecule has 0 amide bonds. The highest BCUT2D eigenvalue weighted by molar-refractivity contribution is 5.79. The van der Waals surface area contributed by atoms with Crippen LogP contribution in [-0.2, 0) is 0 Å². The molecule has 12 aromatic rings. The van der Waals surface area contributed by atoms with E-state index in [1.54, 1.807) is 78.9 Å². The molecular weight excluding hydrogens is 1300 g/mol. The Morgan fingerprint density at radius 1 is 0.235 bits per heavy atom. The van der Waals surface area contributed by atoms with Gasteiger partial charge in [-0.05, 0) is 176 Å². The third-order valence-electron chi connectivity index (χ3n) is 22.0. The third kappa shape index (κ3) is 9.60. The summed E-state index contributed by atoms with van der Waals surface area (Å²) in [5.74, 6) is -17.5. The first-order valence-corrected chi connectivity index (χ1v) is 33.2. The Balaban J connectivity index is 1.08. The summed E-state index contributed by atoms with van der Waals surface area (Å²) in [5, 5.41) is 206. The Morgan fingerprint density at radius 3 is 1.03 bits per heavy atom. The van der Waals surface area contributed by atoms with Crippen LogP contribution in [-0.4, -0.2) is 86.8 Å². The van der Waals surface area contributed by atoms with E-state index in [-0.39, 0.29) is 125 Å². The monoisotopic (exact) mass is 1360 g/mol. The zero-order valence-electron chi connectivity index (χ0n) is 53.6. The van der Waals surface area contributed by atoms with Crippen LogP contribution >= 0.6 is 0 Å². The molecule has 1 unspecified atom stereocenters. The Bertz CT molecular complexity index is 5370. The highest BCUT2D eigenvalue weighted by Gasteiger charge is 2.60. The van der Waals surface area contributed by atoms with Crippen LogP contribution in [0.4, 0.5) is 0 Å². The van der Waals surface area contributed by atoms with E-state index in [4.69, 9.17) is 4.74 Å². The van der Waals surface area contributed by atoms with Crippen LogP contribution < -0.4 is 4.74 Å². The van der Waals surface area contributed by atoms with Crippen molar-refractivity contribution < 1.29 is 91.5 Å². The molecule has 1 aliphatic heterocycles. The van der Waals surface area contributed by atoms with E-state index in [0.29, 0.717) is 55.6 Å². The van der Waals surface area contributed by atoms with E-state index in [2.05, 4.69) is 0 Å². The van der Waals surface area contributed by atoms with Gasteiger partial charge in [0.15, 0.2) is 0 Å². The predicted octanol–water partition coefficient (Wildman–Crippen LogP) is 15.2. The van der Waals surface area contributed by atoms with Crippen molar-refractivity contribution in [2.45, 2.75) is 71.2 Å². The minimum Gasteiger partial charge on any atom is -0.508 e. The van der Waals surface area contributed by atoms with Gasteiger partial charge in [-0.1, -0.05) is 72.8 Å². The van der Waals surface area contributed by atoms with E-state index in [0.717, 1.165) is 12.1 Å². The van der Waals surface area contributed by atoms with Gasteiger partial charge in [0.1, 0.15) is 110 Å². The predicted molar refractivity (Wildman–Crippen MR) is 373 cm³/mol. The van der Waals surface area contributed by atoms with Gasteiger partial charge in [0.2, 0.25) is 0 Å². The van der Waals surface area contributed by atoms with E-state index < -0.39 is 99.9 Å². The van der Waals surface area contributed by atoms with Crippen molar-refractivity contribution in [1.29, 1.82) is 0 Å². The van der Waals surface area contributed by atoms with Gasteiger partial charge in [-0.15, -0.1) is 0 Å². The van der Waals surface area contributed by atoms with Gasteiger partial charge in [-0.2, -0.15) is 0 Å². The summed E-state index contributed by atoms with van der Waals surface area (Å²) in [6, 6.07) is 52.5. The van der Waals surface area contributed by atoms with Crippen molar-refractivity contribution in [1.82, 2.24) is 0 Å². The van der Waals surface area contributed by atoms with Gasteiger partial charge in [0.25, 0.3) is 0 Å². The number of phenols is 17. The van der Waals surface area contributed by atoms with Gasteiger partial charge in [0.05, 0.1) is 5.92 Å². The maximum absolute atomic E-state index is 15.1. The molecule has 18 nitrogen and oxygen atoms in total. The molecule has 508 valence electrons. The molecule has 0 spiro atoms. The largest absolute Gasteiger partial charge is 0.508 e.